The number of rotatable bonds is 5. The SMILES string of the molecule is CN(CCn1cc[nH]c1=O)Cc1cccc(O)c1. The van der Waals surface area contributed by atoms with Crippen LogP contribution in [-0.4, -0.2) is 33.1 Å². The molecule has 2 rings (SSSR count). The second kappa shape index (κ2) is 5.55. The first-order valence-electron chi connectivity index (χ1n) is 5.85. The number of phenols is 1. The largest absolute Gasteiger partial charge is 0.508 e. The quantitative estimate of drug-likeness (QED) is 0.829. The van der Waals surface area contributed by atoms with Crippen LogP contribution in [0.3, 0.4) is 0 Å². The van der Waals surface area contributed by atoms with E-state index < -0.39 is 0 Å². The fourth-order valence-electron chi connectivity index (χ4n) is 1.85. The molecule has 0 radical (unpaired) electrons. The molecule has 0 fully saturated rings. The zero-order valence-electron chi connectivity index (χ0n) is 10.3. The van der Waals surface area contributed by atoms with Crippen molar-refractivity contribution in [2.45, 2.75) is 13.1 Å². The highest BCUT2D eigenvalue weighted by atomic mass is 16.3. The van der Waals surface area contributed by atoms with E-state index in [9.17, 15) is 9.90 Å². The van der Waals surface area contributed by atoms with Gasteiger partial charge in [-0.05, 0) is 24.7 Å². The molecule has 2 aromatic rings. The molecule has 0 aliphatic rings. The number of aromatic hydroxyl groups is 1. The monoisotopic (exact) mass is 247 g/mol. The lowest BCUT2D eigenvalue weighted by Gasteiger charge is -2.16. The molecule has 0 aliphatic carbocycles. The third-order valence-electron chi connectivity index (χ3n) is 2.81. The van der Waals surface area contributed by atoms with E-state index in [1.807, 2.05) is 19.2 Å². The molecule has 18 heavy (non-hydrogen) atoms. The van der Waals surface area contributed by atoms with E-state index in [0.29, 0.717) is 6.54 Å². The predicted octanol–water partition coefficient (Wildman–Crippen LogP) is 1.01. The van der Waals surface area contributed by atoms with E-state index in [4.69, 9.17) is 0 Å². The van der Waals surface area contributed by atoms with Crippen LogP contribution in [0, 0.1) is 0 Å². The van der Waals surface area contributed by atoms with Crippen molar-refractivity contribution in [3.05, 3.63) is 52.7 Å². The van der Waals surface area contributed by atoms with Gasteiger partial charge in [0.05, 0.1) is 0 Å². The molecule has 0 saturated heterocycles. The Hall–Kier alpha value is -2.01. The first-order chi connectivity index (χ1) is 8.65. The molecule has 0 spiro atoms. The summed E-state index contributed by atoms with van der Waals surface area (Å²) in [4.78, 5) is 16.0. The van der Waals surface area contributed by atoms with Crippen molar-refractivity contribution < 1.29 is 5.11 Å². The van der Waals surface area contributed by atoms with E-state index in [1.54, 1.807) is 29.1 Å². The second-order valence-electron chi connectivity index (χ2n) is 4.37. The Kier molecular flexibility index (Phi) is 3.84. The van der Waals surface area contributed by atoms with E-state index in [0.717, 1.165) is 18.7 Å². The summed E-state index contributed by atoms with van der Waals surface area (Å²) in [6.45, 7) is 2.17. The molecule has 1 heterocycles. The highest BCUT2D eigenvalue weighted by Gasteiger charge is 2.02. The maximum Gasteiger partial charge on any atom is 0.325 e. The molecule has 0 aliphatic heterocycles. The number of nitrogens with zero attached hydrogens (tertiary/aromatic N) is 2. The van der Waals surface area contributed by atoms with Crippen molar-refractivity contribution in [2.75, 3.05) is 13.6 Å². The number of likely N-dealkylation sites (N-methyl/N-ethyl adjacent to an activating group) is 1. The molecule has 2 N–H and O–H groups in total. The van der Waals surface area contributed by atoms with E-state index in [1.165, 1.54) is 0 Å². The molecule has 0 amide bonds. The fraction of sp³-hybridized carbons (Fsp3) is 0.308. The third-order valence-corrected chi connectivity index (χ3v) is 2.81. The highest BCUT2D eigenvalue weighted by Crippen LogP contribution is 2.12. The van der Waals surface area contributed by atoms with Crippen LogP contribution >= 0.6 is 0 Å². The molecule has 1 aromatic carbocycles. The Morgan fingerprint density at radius 1 is 1.44 bits per heavy atom. The number of imidazole rings is 1. The first kappa shape index (κ1) is 12.4. The molecule has 0 bridgehead atoms. The Morgan fingerprint density at radius 2 is 2.28 bits per heavy atom. The van der Waals surface area contributed by atoms with Gasteiger partial charge < -0.3 is 15.0 Å². The van der Waals surface area contributed by atoms with Gasteiger partial charge in [-0.2, -0.15) is 0 Å². The molecule has 0 unspecified atom stereocenters. The van der Waals surface area contributed by atoms with Crippen molar-refractivity contribution in [3.63, 3.8) is 0 Å². The minimum atomic E-state index is -0.0826. The molecular weight excluding hydrogens is 230 g/mol. The number of aromatic nitrogens is 2. The topological polar surface area (TPSA) is 61.3 Å². The summed E-state index contributed by atoms with van der Waals surface area (Å²) in [5, 5.41) is 9.37. The average Bonchev–Trinajstić information content (AvgIpc) is 2.72. The van der Waals surface area contributed by atoms with Crippen molar-refractivity contribution in [1.82, 2.24) is 14.5 Å². The van der Waals surface area contributed by atoms with E-state index >= 15 is 0 Å². The average molecular weight is 247 g/mol. The zero-order valence-corrected chi connectivity index (χ0v) is 10.3. The van der Waals surface area contributed by atoms with Crippen LogP contribution < -0.4 is 5.69 Å². The lowest BCUT2D eigenvalue weighted by molar-refractivity contribution is 0.309. The van der Waals surface area contributed by atoms with Gasteiger partial charge in [-0.25, -0.2) is 4.79 Å². The highest BCUT2D eigenvalue weighted by molar-refractivity contribution is 5.26. The maximum atomic E-state index is 11.3. The lowest BCUT2D eigenvalue weighted by Crippen LogP contribution is -2.26. The number of phenolic OH excluding ortho intramolecular Hbond substituents is 1. The number of benzene rings is 1. The molecule has 5 heteroatoms. The third kappa shape index (κ3) is 3.24. The normalized spacial score (nSPS) is 11.0. The molecule has 1 aromatic heterocycles. The van der Waals surface area contributed by atoms with Gasteiger partial charge in [-0.1, -0.05) is 12.1 Å². The fourth-order valence-corrected chi connectivity index (χ4v) is 1.85. The number of hydrogen-bond acceptors (Lipinski definition) is 3. The van der Waals surface area contributed by atoms with Gasteiger partial charge in [0.1, 0.15) is 5.75 Å². The van der Waals surface area contributed by atoms with Gasteiger partial charge in [-0.15, -0.1) is 0 Å². The Balaban J connectivity index is 1.87. The number of H-pyrrole nitrogens is 1. The second-order valence-corrected chi connectivity index (χ2v) is 4.37. The summed E-state index contributed by atoms with van der Waals surface area (Å²) in [6, 6.07) is 7.20. The molecular formula is C13H17N3O2. The summed E-state index contributed by atoms with van der Waals surface area (Å²) < 4.78 is 1.64. The van der Waals surface area contributed by atoms with Crippen molar-refractivity contribution >= 4 is 0 Å². The molecule has 0 saturated carbocycles. The zero-order chi connectivity index (χ0) is 13.0. The van der Waals surface area contributed by atoms with Crippen molar-refractivity contribution in [1.29, 1.82) is 0 Å². The van der Waals surface area contributed by atoms with Crippen molar-refractivity contribution in [2.24, 2.45) is 0 Å². The van der Waals surface area contributed by atoms with Gasteiger partial charge in [0.15, 0.2) is 0 Å². The van der Waals surface area contributed by atoms with Crippen molar-refractivity contribution in [3.8, 4) is 5.75 Å². The first-order valence-corrected chi connectivity index (χ1v) is 5.85. The minimum Gasteiger partial charge on any atom is -0.508 e. The Bertz CT molecular complexity index is 559. The molecule has 96 valence electrons. The van der Waals surface area contributed by atoms with Crippen LogP contribution in [0.4, 0.5) is 0 Å². The lowest BCUT2D eigenvalue weighted by atomic mass is 10.2. The minimum absolute atomic E-state index is 0.0826. The summed E-state index contributed by atoms with van der Waals surface area (Å²) in [6.07, 6.45) is 3.38. The summed E-state index contributed by atoms with van der Waals surface area (Å²) in [5.74, 6) is 0.280. The van der Waals surface area contributed by atoms with Gasteiger partial charge in [0, 0.05) is 32.0 Å². The van der Waals surface area contributed by atoms with Crippen LogP contribution in [0.15, 0.2) is 41.5 Å². The van der Waals surface area contributed by atoms with E-state index in [2.05, 4.69) is 9.88 Å². The Labute approximate surface area is 105 Å². The predicted molar refractivity (Wildman–Crippen MR) is 69.5 cm³/mol. The smallest absolute Gasteiger partial charge is 0.325 e. The van der Waals surface area contributed by atoms with Crippen LogP contribution in [0.2, 0.25) is 0 Å². The van der Waals surface area contributed by atoms with Gasteiger partial charge in [0.25, 0.3) is 0 Å². The van der Waals surface area contributed by atoms with E-state index in [-0.39, 0.29) is 11.4 Å². The standard InChI is InChI=1S/C13H17N3O2/c1-15(7-8-16-6-5-14-13(16)18)10-11-3-2-4-12(17)9-11/h2-6,9,17H,7-8,10H2,1H3,(H,14,18). The Morgan fingerprint density at radius 3 is 2.94 bits per heavy atom. The summed E-state index contributed by atoms with van der Waals surface area (Å²) in [7, 11) is 1.99. The van der Waals surface area contributed by atoms with Crippen LogP contribution in [0.1, 0.15) is 5.56 Å². The summed E-state index contributed by atoms with van der Waals surface area (Å²) >= 11 is 0. The van der Waals surface area contributed by atoms with Crippen LogP contribution in [0.25, 0.3) is 0 Å². The van der Waals surface area contributed by atoms with Crippen LogP contribution in [-0.2, 0) is 13.1 Å². The van der Waals surface area contributed by atoms with Gasteiger partial charge in [0.2, 0.25) is 0 Å². The van der Waals surface area contributed by atoms with Gasteiger partial charge in [-0.3, -0.25) is 4.57 Å². The maximum absolute atomic E-state index is 11.3. The number of aromatic amines is 1. The summed E-state index contributed by atoms with van der Waals surface area (Å²) in [5.41, 5.74) is 0.972. The molecule has 0 atom stereocenters. The number of hydrogen-bond donors (Lipinski definition) is 2. The molecule has 5 nitrogen and oxygen atoms in total. The van der Waals surface area contributed by atoms with Gasteiger partial charge >= 0.3 is 5.69 Å². The number of nitrogens with one attached hydrogen (secondary N) is 1. The van der Waals surface area contributed by atoms with Crippen LogP contribution in [0.5, 0.6) is 5.75 Å².